The molecule has 1 aliphatic heterocycles. The first-order valence-corrected chi connectivity index (χ1v) is 14.9. The van der Waals surface area contributed by atoms with Gasteiger partial charge in [0.05, 0.1) is 16.8 Å². The van der Waals surface area contributed by atoms with Crippen molar-refractivity contribution in [2.45, 2.75) is 44.6 Å². The van der Waals surface area contributed by atoms with Gasteiger partial charge in [-0.15, -0.1) is 11.8 Å². The highest BCUT2D eigenvalue weighted by molar-refractivity contribution is 7.98. The Hall–Kier alpha value is -3.83. The first-order valence-electron chi connectivity index (χ1n) is 13.6. The van der Waals surface area contributed by atoms with Gasteiger partial charge in [-0.2, -0.15) is 0 Å². The standard InChI is InChI=1S/C31H35F2N5O3S/c1-18(2)21-9-7-12-26(42-6)28(21)36-31(38-14-13-37(5)16-19(38)3)22-15-24(33)29(35-30(22)34-17-39)27-23(32)10-8-11-25(27)41-20(4)40/h7-12,15,17-19H,13-14,16H2,1-6H3,(H,34,35,39). The van der Waals surface area contributed by atoms with E-state index in [0.717, 1.165) is 35.3 Å². The van der Waals surface area contributed by atoms with Crippen molar-refractivity contribution in [3.8, 4) is 17.0 Å². The van der Waals surface area contributed by atoms with Crippen LogP contribution in [0.15, 0.2) is 52.4 Å². The smallest absolute Gasteiger partial charge is 0.308 e. The van der Waals surface area contributed by atoms with Gasteiger partial charge in [0, 0.05) is 37.5 Å². The Morgan fingerprint density at radius 3 is 2.57 bits per heavy atom. The number of aliphatic imine (C=N–C) groups is 1. The van der Waals surface area contributed by atoms with Crippen molar-refractivity contribution in [3.05, 3.63) is 65.2 Å². The van der Waals surface area contributed by atoms with Gasteiger partial charge in [-0.3, -0.25) is 9.59 Å². The van der Waals surface area contributed by atoms with E-state index in [1.54, 1.807) is 11.8 Å². The summed E-state index contributed by atoms with van der Waals surface area (Å²) in [5, 5.41) is 2.58. The largest absolute Gasteiger partial charge is 0.426 e. The van der Waals surface area contributed by atoms with Crippen molar-refractivity contribution < 1.29 is 23.1 Å². The maximum atomic E-state index is 16.1. The van der Waals surface area contributed by atoms with Crippen LogP contribution in [0.5, 0.6) is 5.75 Å². The fourth-order valence-electron chi connectivity index (χ4n) is 5.10. The molecule has 2 aromatic carbocycles. The van der Waals surface area contributed by atoms with Crippen molar-refractivity contribution in [2.24, 2.45) is 4.99 Å². The Morgan fingerprint density at radius 1 is 1.19 bits per heavy atom. The number of aromatic nitrogens is 1. The summed E-state index contributed by atoms with van der Waals surface area (Å²) in [7, 11) is 2.04. The molecule has 0 saturated carbocycles. The third kappa shape index (κ3) is 6.63. The minimum absolute atomic E-state index is 0.000368. The van der Waals surface area contributed by atoms with Crippen molar-refractivity contribution in [1.82, 2.24) is 14.8 Å². The Kier molecular flexibility index (Phi) is 9.95. The molecular formula is C31H35F2N5O3S. The molecule has 1 amide bonds. The predicted octanol–water partition coefficient (Wildman–Crippen LogP) is 6.08. The van der Waals surface area contributed by atoms with Gasteiger partial charge in [-0.05, 0) is 56.0 Å². The molecular weight excluding hydrogens is 560 g/mol. The predicted molar refractivity (Wildman–Crippen MR) is 163 cm³/mol. The normalized spacial score (nSPS) is 16.1. The number of amides is 1. The molecule has 1 atom stereocenters. The summed E-state index contributed by atoms with van der Waals surface area (Å²) in [6.07, 6.45) is 2.41. The number of amidine groups is 1. The van der Waals surface area contributed by atoms with Crippen LogP contribution in [-0.2, 0) is 9.59 Å². The number of carbonyl (C=O) groups excluding carboxylic acids is 2. The summed E-state index contributed by atoms with van der Waals surface area (Å²) < 4.78 is 36.3. The minimum atomic E-state index is -0.864. The van der Waals surface area contributed by atoms with Crippen LogP contribution >= 0.6 is 11.8 Å². The van der Waals surface area contributed by atoms with E-state index in [-0.39, 0.29) is 34.7 Å². The molecule has 1 N–H and O–H groups in total. The van der Waals surface area contributed by atoms with Gasteiger partial charge in [0.1, 0.15) is 28.9 Å². The molecule has 1 aromatic heterocycles. The number of carbonyl (C=O) groups is 2. The Bertz CT molecular complexity index is 1510. The number of nitrogens with one attached hydrogen (secondary N) is 1. The Morgan fingerprint density at radius 2 is 1.93 bits per heavy atom. The van der Waals surface area contributed by atoms with E-state index in [1.165, 1.54) is 25.1 Å². The maximum absolute atomic E-state index is 16.1. The third-order valence-electron chi connectivity index (χ3n) is 7.07. The molecule has 222 valence electrons. The molecule has 1 aliphatic rings. The highest BCUT2D eigenvalue weighted by Crippen LogP contribution is 2.39. The summed E-state index contributed by atoms with van der Waals surface area (Å²) in [4.78, 5) is 38.3. The summed E-state index contributed by atoms with van der Waals surface area (Å²) in [5.41, 5.74) is 1.29. The SMILES string of the molecule is CSc1cccc(C(C)C)c1N=C(c1cc(F)c(-c2c(F)cccc2OC(C)=O)nc1NC=O)N1CCN(C)CC1C. The summed E-state index contributed by atoms with van der Waals surface area (Å²) in [5.74, 6) is -1.98. The molecule has 11 heteroatoms. The number of pyridine rings is 1. The molecule has 1 unspecified atom stereocenters. The number of piperazine rings is 1. The number of anilines is 1. The van der Waals surface area contributed by atoms with E-state index in [4.69, 9.17) is 9.73 Å². The van der Waals surface area contributed by atoms with Gasteiger partial charge in [0.25, 0.3) is 0 Å². The van der Waals surface area contributed by atoms with Crippen LogP contribution in [0.1, 0.15) is 44.7 Å². The fraction of sp³-hybridized carbons (Fsp3) is 0.355. The van der Waals surface area contributed by atoms with Crippen LogP contribution in [0, 0.1) is 11.6 Å². The van der Waals surface area contributed by atoms with E-state index in [1.807, 2.05) is 31.5 Å². The van der Waals surface area contributed by atoms with Gasteiger partial charge < -0.3 is 19.9 Å². The second-order valence-electron chi connectivity index (χ2n) is 10.5. The molecule has 1 saturated heterocycles. The lowest BCUT2D eigenvalue weighted by Gasteiger charge is -2.40. The monoisotopic (exact) mass is 595 g/mol. The zero-order valence-electron chi connectivity index (χ0n) is 24.6. The van der Waals surface area contributed by atoms with Gasteiger partial charge >= 0.3 is 5.97 Å². The van der Waals surface area contributed by atoms with Crippen LogP contribution in [0.2, 0.25) is 0 Å². The highest BCUT2D eigenvalue weighted by Gasteiger charge is 2.30. The van der Waals surface area contributed by atoms with Gasteiger partial charge in [-0.25, -0.2) is 18.8 Å². The average molecular weight is 596 g/mol. The zero-order chi connectivity index (χ0) is 30.6. The van der Waals surface area contributed by atoms with Crippen LogP contribution in [0.3, 0.4) is 0 Å². The van der Waals surface area contributed by atoms with Crippen molar-refractivity contribution >= 4 is 41.5 Å². The number of benzene rings is 2. The number of hydrogen-bond donors (Lipinski definition) is 1. The topological polar surface area (TPSA) is 87.1 Å². The van der Waals surface area contributed by atoms with Gasteiger partial charge in [0.15, 0.2) is 5.82 Å². The minimum Gasteiger partial charge on any atom is -0.426 e. The Balaban J connectivity index is 2.01. The Labute approximate surface area is 249 Å². The molecule has 0 radical (unpaired) electrons. The molecule has 1 fully saturated rings. The van der Waals surface area contributed by atoms with Gasteiger partial charge in [0.2, 0.25) is 6.41 Å². The van der Waals surface area contributed by atoms with Crippen molar-refractivity contribution in [2.75, 3.05) is 38.3 Å². The van der Waals surface area contributed by atoms with Crippen LogP contribution < -0.4 is 10.1 Å². The molecule has 0 aliphatic carbocycles. The molecule has 42 heavy (non-hydrogen) atoms. The van der Waals surface area contributed by atoms with Gasteiger partial charge in [-0.1, -0.05) is 32.0 Å². The van der Waals surface area contributed by atoms with E-state index >= 15 is 8.78 Å². The van der Waals surface area contributed by atoms with Crippen molar-refractivity contribution in [1.29, 1.82) is 0 Å². The van der Waals surface area contributed by atoms with E-state index in [9.17, 15) is 9.59 Å². The number of esters is 1. The highest BCUT2D eigenvalue weighted by atomic mass is 32.2. The van der Waals surface area contributed by atoms with Crippen LogP contribution in [0.4, 0.5) is 20.3 Å². The number of likely N-dealkylation sites (N-methyl/N-ethyl adjacent to an activating group) is 1. The molecule has 2 heterocycles. The van der Waals surface area contributed by atoms with Crippen molar-refractivity contribution in [3.63, 3.8) is 0 Å². The number of hydrogen-bond acceptors (Lipinski definition) is 7. The number of nitrogens with zero attached hydrogens (tertiary/aromatic N) is 4. The summed E-state index contributed by atoms with van der Waals surface area (Å²) in [6.45, 7) is 9.48. The number of thioether (sulfide) groups is 1. The lowest BCUT2D eigenvalue weighted by molar-refractivity contribution is -0.131. The molecule has 0 spiro atoms. The quantitative estimate of drug-likeness (QED) is 0.0844. The maximum Gasteiger partial charge on any atom is 0.308 e. The number of halogens is 2. The first-order chi connectivity index (χ1) is 20.0. The number of rotatable bonds is 8. The lowest BCUT2D eigenvalue weighted by Crippen LogP contribution is -2.53. The van der Waals surface area contributed by atoms with Crippen LogP contribution in [-0.4, -0.2) is 72.0 Å². The second-order valence-corrected chi connectivity index (χ2v) is 11.3. The zero-order valence-corrected chi connectivity index (χ0v) is 25.4. The molecule has 3 aromatic rings. The molecule has 0 bridgehead atoms. The van der Waals surface area contributed by atoms with E-state index in [2.05, 4.69) is 40.9 Å². The van der Waals surface area contributed by atoms with E-state index < -0.39 is 23.3 Å². The lowest BCUT2D eigenvalue weighted by atomic mass is 10.0. The van der Waals surface area contributed by atoms with E-state index in [0.29, 0.717) is 18.8 Å². The summed E-state index contributed by atoms with van der Waals surface area (Å²) >= 11 is 1.56. The molecule has 4 rings (SSSR count). The second kappa shape index (κ2) is 13.4. The fourth-order valence-corrected chi connectivity index (χ4v) is 5.68. The van der Waals surface area contributed by atoms with Crippen LogP contribution in [0.25, 0.3) is 11.3 Å². The number of para-hydroxylation sites is 1. The number of ether oxygens (including phenoxy) is 1. The first kappa shape index (κ1) is 31.1. The third-order valence-corrected chi connectivity index (χ3v) is 7.84. The molecule has 8 nitrogen and oxygen atoms in total. The summed E-state index contributed by atoms with van der Waals surface area (Å²) in [6, 6.07) is 11.0. The average Bonchev–Trinajstić information content (AvgIpc) is 2.93.